The summed E-state index contributed by atoms with van der Waals surface area (Å²) in [5.74, 6) is 0. The van der Waals surface area contributed by atoms with Crippen LogP contribution in [0.1, 0.15) is 17.4 Å². The van der Waals surface area contributed by atoms with Crippen molar-refractivity contribution in [2.75, 3.05) is 6.54 Å². The van der Waals surface area contributed by atoms with Crippen molar-refractivity contribution < 1.29 is 5.11 Å². The standard InChI is InChI=1S/C10H12ClN3O/c1-6-2-3-14-8(4-6)13-9(10(14)11)7(15)5-12/h2-4,7,15H,5,12H2,1H3. The molecule has 0 aliphatic rings. The highest BCUT2D eigenvalue weighted by atomic mass is 35.5. The van der Waals surface area contributed by atoms with E-state index in [0.29, 0.717) is 10.8 Å². The summed E-state index contributed by atoms with van der Waals surface area (Å²) < 4.78 is 1.72. The highest BCUT2D eigenvalue weighted by Gasteiger charge is 2.16. The average Bonchev–Trinajstić information content (AvgIpc) is 2.54. The Balaban J connectivity index is 2.63. The fourth-order valence-corrected chi connectivity index (χ4v) is 1.77. The Morgan fingerprint density at radius 1 is 1.67 bits per heavy atom. The van der Waals surface area contributed by atoms with Crippen LogP contribution in [0.4, 0.5) is 0 Å². The van der Waals surface area contributed by atoms with Crippen molar-refractivity contribution in [3.8, 4) is 0 Å². The van der Waals surface area contributed by atoms with Gasteiger partial charge < -0.3 is 10.8 Å². The van der Waals surface area contributed by atoms with E-state index in [1.54, 1.807) is 4.40 Å². The highest BCUT2D eigenvalue weighted by Crippen LogP contribution is 2.23. The Morgan fingerprint density at radius 3 is 3.07 bits per heavy atom. The van der Waals surface area contributed by atoms with Gasteiger partial charge in [-0.1, -0.05) is 11.6 Å². The Bertz CT molecular complexity index is 495. The summed E-state index contributed by atoms with van der Waals surface area (Å²) in [4.78, 5) is 4.24. The number of aliphatic hydroxyl groups is 1. The molecule has 0 aromatic carbocycles. The van der Waals surface area contributed by atoms with Gasteiger partial charge in [-0.05, 0) is 24.6 Å². The molecule has 80 valence electrons. The number of nitrogens with two attached hydrogens (primary N) is 1. The lowest BCUT2D eigenvalue weighted by Gasteiger charge is -2.03. The quantitative estimate of drug-likeness (QED) is 0.810. The first-order chi connectivity index (χ1) is 7.13. The van der Waals surface area contributed by atoms with Crippen molar-refractivity contribution >= 4 is 17.2 Å². The molecule has 0 aliphatic carbocycles. The Labute approximate surface area is 92.3 Å². The van der Waals surface area contributed by atoms with Crippen molar-refractivity contribution in [1.29, 1.82) is 0 Å². The van der Waals surface area contributed by atoms with Crippen molar-refractivity contribution in [3.63, 3.8) is 0 Å². The molecule has 0 radical (unpaired) electrons. The van der Waals surface area contributed by atoms with E-state index in [1.165, 1.54) is 0 Å². The van der Waals surface area contributed by atoms with Crippen LogP contribution in [0, 0.1) is 6.92 Å². The molecule has 2 aromatic rings. The molecule has 1 atom stereocenters. The predicted molar refractivity (Wildman–Crippen MR) is 59.0 cm³/mol. The molecule has 3 N–H and O–H groups in total. The fourth-order valence-electron chi connectivity index (χ4n) is 1.46. The molecule has 4 nitrogen and oxygen atoms in total. The predicted octanol–water partition coefficient (Wildman–Crippen LogP) is 1.29. The molecule has 2 rings (SSSR count). The third-order valence-corrected chi connectivity index (χ3v) is 2.66. The van der Waals surface area contributed by atoms with Gasteiger partial charge in [0.2, 0.25) is 0 Å². The van der Waals surface area contributed by atoms with Crippen LogP contribution in [0.15, 0.2) is 18.3 Å². The van der Waals surface area contributed by atoms with E-state index in [4.69, 9.17) is 17.3 Å². The van der Waals surface area contributed by atoms with Gasteiger partial charge in [-0.3, -0.25) is 4.40 Å². The number of hydrogen-bond acceptors (Lipinski definition) is 3. The minimum absolute atomic E-state index is 0.114. The molecule has 0 spiro atoms. The molecule has 0 amide bonds. The number of aryl methyl sites for hydroxylation is 1. The fraction of sp³-hybridized carbons (Fsp3) is 0.300. The molecule has 0 aliphatic heterocycles. The van der Waals surface area contributed by atoms with E-state index in [2.05, 4.69) is 4.98 Å². The summed E-state index contributed by atoms with van der Waals surface area (Å²) in [6, 6.07) is 3.83. The molecule has 5 heteroatoms. The maximum atomic E-state index is 9.60. The number of fused-ring (bicyclic) bond motifs is 1. The van der Waals surface area contributed by atoms with Crippen LogP contribution >= 0.6 is 11.6 Å². The number of nitrogens with zero attached hydrogens (tertiary/aromatic N) is 2. The van der Waals surface area contributed by atoms with Gasteiger partial charge in [-0.15, -0.1) is 0 Å². The summed E-state index contributed by atoms with van der Waals surface area (Å²) in [5, 5.41) is 10.0. The summed E-state index contributed by atoms with van der Waals surface area (Å²) >= 11 is 6.07. The Kier molecular flexibility index (Phi) is 2.65. The van der Waals surface area contributed by atoms with Crippen molar-refractivity contribution in [2.45, 2.75) is 13.0 Å². The van der Waals surface area contributed by atoms with Crippen LogP contribution in [0.2, 0.25) is 5.15 Å². The van der Waals surface area contributed by atoms with E-state index in [0.717, 1.165) is 11.2 Å². The first kappa shape index (κ1) is 10.4. The van der Waals surface area contributed by atoms with Gasteiger partial charge in [0, 0.05) is 12.7 Å². The van der Waals surface area contributed by atoms with E-state index in [-0.39, 0.29) is 6.54 Å². The van der Waals surface area contributed by atoms with Crippen LogP contribution < -0.4 is 5.73 Å². The molecule has 2 aromatic heterocycles. The summed E-state index contributed by atoms with van der Waals surface area (Å²) in [7, 11) is 0. The van der Waals surface area contributed by atoms with Gasteiger partial charge in [-0.2, -0.15) is 0 Å². The zero-order chi connectivity index (χ0) is 11.0. The Morgan fingerprint density at radius 2 is 2.40 bits per heavy atom. The molecule has 0 bridgehead atoms. The topological polar surface area (TPSA) is 63.5 Å². The number of hydrogen-bond donors (Lipinski definition) is 2. The molecule has 15 heavy (non-hydrogen) atoms. The molecule has 0 fully saturated rings. The lowest BCUT2D eigenvalue weighted by molar-refractivity contribution is 0.182. The largest absolute Gasteiger partial charge is 0.385 e. The van der Waals surface area contributed by atoms with Crippen LogP contribution in [-0.2, 0) is 0 Å². The molecule has 2 heterocycles. The maximum absolute atomic E-state index is 9.60. The van der Waals surface area contributed by atoms with Crippen LogP contribution in [0.3, 0.4) is 0 Å². The van der Waals surface area contributed by atoms with Gasteiger partial charge in [-0.25, -0.2) is 4.98 Å². The number of pyridine rings is 1. The van der Waals surface area contributed by atoms with Crippen LogP contribution in [0.25, 0.3) is 5.65 Å². The first-order valence-corrected chi connectivity index (χ1v) is 5.03. The maximum Gasteiger partial charge on any atom is 0.139 e. The van der Waals surface area contributed by atoms with Crippen LogP contribution in [0.5, 0.6) is 0 Å². The summed E-state index contributed by atoms with van der Waals surface area (Å²) in [6.07, 6.45) is 1.02. The molecule has 0 saturated carbocycles. The van der Waals surface area contributed by atoms with Crippen molar-refractivity contribution in [1.82, 2.24) is 9.38 Å². The number of aliphatic hydroxyl groups excluding tert-OH is 1. The molecular formula is C10H12ClN3O. The second kappa shape index (κ2) is 3.81. The minimum atomic E-state index is -0.808. The average molecular weight is 226 g/mol. The lowest BCUT2D eigenvalue weighted by atomic mass is 10.3. The zero-order valence-electron chi connectivity index (χ0n) is 8.31. The lowest BCUT2D eigenvalue weighted by Crippen LogP contribution is -2.12. The second-order valence-electron chi connectivity index (χ2n) is 3.47. The van der Waals surface area contributed by atoms with E-state index in [9.17, 15) is 5.11 Å². The van der Waals surface area contributed by atoms with Crippen molar-refractivity contribution in [3.05, 3.63) is 34.7 Å². The monoisotopic (exact) mass is 225 g/mol. The summed E-state index contributed by atoms with van der Waals surface area (Å²) in [5.41, 5.74) is 7.62. The number of halogens is 1. The zero-order valence-corrected chi connectivity index (χ0v) is 9.07. The van der Waals surface area contributed by atoms with E-state index < -0.39 is 6.10 Å². The van der Waals surface area contributed by atoms with Crippen molar-refractivity contribution in [2.24, 2.45) is 5.73 Å². The third kappa shape index (κ3) is 1.71. The molecule has 0 saturated heterocycles. The SMILES string of the molecule is Cc1ccn2c(Cl)c(C(O)CN)nc2c1. The smallest absolute Gasteiger partial charge is 0.139 e. The summed E-state index contributed by atoms with van der Waals surface area (Å²) in [6.45, 7) is 2.09. The second-order valence-corrected chi connectivity index (χ2v) is 3.83. The van der Waals surface area contributed by atoms with Gasteiger partial charge in [0.1, 0.15) is 22.6 Å². The number of imidazole rings is 1. The van der Waals surface area contributed by atoms with Crippen LogP contribution in [-0.4, -0.2) is 21.0 Å². The van der Waals surface area contributed by atoms with E-state index >= 15 is 0 Å². The normalized spacial score (nSPS) is 13.3. The van der Waals surface area contributed by atoms with E-state index in [1.807, 2.05) is 25.3 Å². The first-order valence-electron chi connectivity index (χ1n) is 4.65. The minimum Gasteiger partial charge on any atom is -0.385 e. The van der Waals surface area contributed by atoms with Gasteiger partial charge in [0.25, 0.3) is 0 Å². The number of aromatic nitrogens is 2. The number of rotatable bonds is 2. The molecular weight excluding hydrogens is 214 g/mol. The highest BCUT2D eigenvalue weighted by molar-refractivity contribution is 6.30. The van der Waals surface area contributed by atoms with Gasteiger partial charge >= 0.3 is 0 Å². The third-order valence-electron chi connectivity index (χ3n) is 2.29. The van der Waals surface area contributed by atoms with Gasteiger partial charge in [0.05, 0.1) is 0 Å². The van der Waals surface area contributed by atoms with Gasteiger partial charge in [0.15, 0.2) is 0 Å². The molecule has 1 unspecified atom stereocenters. The Hall–Kier alpha value is -1.10.